The third-order valence-electron chi connectivity index (χ3n) is 2.98. The number of anilines is 2. The fraction of sp³-hybridized carbons (Fsp3) is 0.125. The van der Waals surface area contributed by atoms with Crippen LogP contribution in [0.1, 0.15) is 5.56 Å². The summed E-state index contributed by atoms with van der Waals surface area (Å²) in [7, 11) is 1.68. The second kappa shape index (κ2) is 7.81. The van der Waals surface area contributed by atoms with Crippen molar-refractivity contribution in [3.63, 3.8) is 0 Å². The molecule has 0 aliphatic rings. The number of benzene rings is 2. The van der Waals surface area contributed by atoms with Gasteiger partial charge in [-0.05, 0) is 35.9 Å². The number of rotatable bonds is 6. The van der Waals surface area contributed by atoms with Crippen LogP contribution in [0.3, 0.4) is 0 Å². The van der Waals surface area contributed by atoms with Crippen molar-refractivity contribution < 1.29 is 4.74 Å². The molecule has 2 aromatic carbocycles. The van der Waals surface area contributed by atoms with E-state index < -0.39 is 0 Å². The zero-order valence-corrected chi connectivity index (χ0v) is 15.5. The number of nitrogens with one attached hydrogen (secondary N) is 1. The van der Waals surface area contributed by atoms with Crippen molar-refractivity contribution in [3.8, 4) is 5.75 Å². The van der Waals surface area contributed by atoms with E-state index in [1.54, 1.807) is 30.2 Å². The van der Waals surface area contributed by atoms with Crippen LogP contribution in [-0.2, 0) is 5.75 Å². The van der Waals surface area contributed by atoms with Gasteiger partial charge in [-0.1, -0.05) is 57.2 Å². The Labute approximate surface area is 151 Å². The Balaban J connectivity index is 1.60. The van der Waals surface area contributed by atoms with E-state index in [-0.39, 0.29) is 0 Å². The maximum absolute atomic E-state index is 5.24. The summed E-state index contributed by atoms with van der Waals surface area (Å²) in [6.07, 6.45) is 0. The Morgan fingerprint density at radius 1 is 1.17 bits per heavy atom. The van der Waals surface area contributed by atoms with Gasteiger partial charge in [0.15, 0.2) is 4.34 Å². The van der Waals surface area contributed by atoms with E-state index in [1.807, 2.05) is 42.5 Å². The fourth-order valence-electron chi connectivity index (χ4n) is 1.92. The Morgan fingerprint density at radius 3 is 2.87 bits per heavy atom. The van der Waals surface area contributed by atoms with E-state index in [0.29, 0.717) is 0 Å². The van der Waals surface area contributed by atoms with Gasteiger partial charge in [0.05, 0.1) is 7.11 Å². The molecule has 4 nitrogen and oxygen atoms in total. The lowest BCUT2D eigenvalue weighted by Gasteiger charge is -2.02. The molecular formula is C16H14BrN3OS2. The lowest BCUT2D eigenvalue weighted by molar-refractivity contribution is 0.414. The Hall–Kier alpha value is -1.57. The molecule has 1 heterocycles. The average Bonchev–Trinajstić information content (AvgIpc) is 3.00. The average molecular weight is 408 g/mol. The molecule has 118 valence electrons. The predicted octanol–water partition coefficient (Wildman–Crippen LogP) is 5.35. The maximum atomic E-state index is 5.24. The minimum absolute atomic E-state index is 0.788. The first-order valence-corrected chi connectivity index (χ1v) is 9.44. The van der Waals surface area contributed by atoms with E-state index >= 15 is 0 Å². The molecule has 0 bridgehead atoms. The summed E-state index contributed by atoms with van der Waals surface area (Å²) in [4.78, 5) is 0. The molecule has 0 saturated heterocycles. The highest BCUT2D eigenvalue weighted by Gasteiger charge is 2.06. The number of hydrogen-bond acceptors (Lipinski definition) is 6. The van der Waals surface area contributed by atoms with Gasteiger partial charge in [0.2, 0.25) is 5.13 Å². The van der Waals surface area contributed by atoms with Crippen LogP contribution in [0.4, 0.5) is 10.8 Å². The standard InChI is InChI=1S/C16H14BrN3OS2/c1-21-14-7-2-4-11(8-14)10-22-16-20-19-15(23-16)18-13-6-3-5-12(17)9-13/h2-9H,10H2,1H3,(H,18,19). The summed E-state index contributed by atoms with van der Waals surface area (Å²) in [6.45, 7) is 0. The van der Waals surface area contributed by atoms with Crippen molar-refractivity contribution in [1.29, 1.82) is 0 Å². The summed E-state index contributed by atoms with van der Waals surface area (Å²) in [5.41, 5.74) is 2.19. The molecule has 0 fully saturated rings. The molecule has 0 aliphatic carbocycles. The second-order valence-electron chi connectivity index (χ2n) is 4.65. The predicted molar refractivity (Wildman–Crippen MR) is 99.9 cm³/mol. The van der Waals surface area contributed by atoms with Crippen molar-refractivity contribution in [3.05, 3.63) is 58.6 Å². The lowest BCUT2D eigenvalue weighted by atomic mass is 10.2. The summed E-state index contributed by atoms with van der Waals surface area (Å²) < 4.78 is 7.20. The molecule has 23 heavy (non-hydrogen) atoms. The zero-order chi connectivity index (χ0) is 16.1. The van der Waals surface area contributed by atoms with Crippen LogP contribution in [0.2, 0.25) is 0 Å². The number of thioether (sulfide) groups is 1. The Bertz CT molecular complexity index is 794. The first-order chi connectivity index (χ1) is 11.2. The topological polar surface area (TPSA) is 47.0 Å². The van der Waals surface area contributed by atoms with Crippen LogP contribution in [0.25, 0.3) is 0 Å². The van der Waals surface area contributed by atoms with Gasteiger partial charge in [-0.15, -0.1) is 10.2 Å². The van der Waals surface area contributed by atoms with E-state index in [9.17, 15) is 0 Å². The van der Waals surface area contributed by atoms with E-state index in [1.165, 1.54) is 5.56 Å². The van der Waals surface area contributed by atoms with Crippen LogP contribution in [-0.4, -0.2) is 17.3 Å². The first-order valence-electron chi connectivity index (χ1n) is 6.85. The van der Waals surface area contributed by atoms with Gasteiger partial charge in [-0.3, -0.25) is 0 Å². The molecular weight excluding hydrogens is 394 g/mol. The molecule has 3 aromatic rings. The van der Waals surface area contributed by atoms with Gasteiger partial charge in [-0.25, -0.2) is 0 Å². The smallest absolute Gasteiger partial charge is 0.210 e. The third kappa shape index (κ3) is 4.70. The van der Waals surface area contributed by atoms with E-state index in [4.69, 9.17) is 4.74 Å². The van der Waals surface area contributed by atoms with Crippen molar-refractivity contribution in [1.82, 2.24) is 10.2 Å². The SMILES string of the molecule is COc1cccc(CSc2nnc(Nc3cccc(Br)c3)s2)c1. The number of halogens is 1. The first kappa shape index (κ1) is 16.3. The second-order valence-corrected chi connectivity index (χ2v) is 7.76. The van der Waals surface area contributed by atoms with E-state index in [2.05, 4.69) is 37.5 Å². The maximum Gasteiger partial charge on any atom is 0.210 e. The summed E-state index contributed by atoms with van der Waals surface area (Å²) >= 11 is 6.67. The van der Waals surface area contributed by atoms with Gasteiger partial charge in [0.25, 0.3) is 0 Å². The fourth-order valence-corrected chi connectivity index (χ4v) is 4.03. The molecule has 0 aliphatic heterocycles. The summed E-state index contributed by atoms with van der Waals surface area (Å²) in [5, 5.41) is 12.5. The molecule has 0 amide bonds. The van der Waals surface area contributed by atoms with Crippen molar-refractivity contribution in [2.24, 2.45) is 0 Å². The van der Waals surface area contributed by atoms with Gasteiger partial charge in [-0.2, -0.15) is 0 Å². The number of hydrogen-bond donors (Lipinski definition) is 1. The molecule has 0 spiro atoms. The molecule has 1 aromatic heterocycles. The van der Waals surface area contributed by atoms with Gasteiger partial charge in [0, 0.05) is 15.9 Å². The number of aromatic nitrogens is 2. The van der Waals surface area contributed by atoms with Crippen LogP contribution in [0.5, 0.6) is 5.75 Å². The molecule has 0 saturated carbocycles. The number of methoxy groups -OCH3 is 1. The molecule has 0 unspecified atom stereocenters. The molecule has 7 heteroatoms. The summed E-state index contributed by atoms with van der Waals surface area (Å²) in [6, 6.07) is 16.0. The zero-order valence-electron chi connectivity index (χ0n) is 12.3. The normalized spacial score (nSPS) is 10.5. The lowest BCUT2D eigenvalue weighted by Crippen LogP contribution is -1.88. The number of nitrogens with zero attached hydrogens (tertiary/aromatic N) is 2. The largest absolute Gasteiger partial charge is 0.497 e. The highest BCUT2D eigenvalue weighted by molar-refractivity contribution is 9.10. The quantitative estimate of drug-likeness (QED) is 0.558. The highest BCUT2D eigenvalue weighted by Crippen LogP contribution is 2.30. The summed E-state index contributed by atoms with van der Waals surface area (Å²) in [5.74, 6) is 1.71. The monoisotopic (exact) mass is 407 g/mol. The van der Waals surface area contributed by atoms with Gasteiger partial charge in [0.1, 0.15) is 5.75 Å². The molecule has 3 rings (SSSR count). The third-order valence-corrected chi connectivity index (χ3v) is 5.52. The molecule has 0 radical (unpaired) electrons. The molecule has 0 atom stereocenters. The Morgan fingerprint density at radius 2 is 2.04 bits per heavy atom. The minimum Gasteiger partial charge on any atom is -0.497 e. The van der Waals surface area contributed by atoms with Crippen LogP contribution >= 0.6 is 39.0 Å². The van der Waals surface area contributed by atoms with Crippen LogP contribution in [0, 0.1) is 0 Å². The molecule has 1 N–H and O–H groups in total. The van der Waals surface area contributed by atoms with Gasteiger partial charge >= 0.3 is 0 Å². The minimum atomic E-state index is 0.788. The highest BCUT2D eigenvalue weighted by atomic mass is 79.9. The number of ether oxygens (including phenoxy) is 1. The van der Waals surface area contributed by atoms with Crippen LogP contribution in [0.15, 0.2) is 57.3 Å². The Kier molecular flexibility index (Phi) is 5.53. The van der Waals surface area contributed by atoms with Crippen molar-refractivity contribution in [2.45, 2.75) is 10.1 Å². The van der Waals surface area contributed by atoms with Crippen molar-refractivity contribution in [2.75, 3.05) is 12.4 Å². The van der Waals surface area contributed by atoms with E-state index in [0.717, 1.165) is 31.1 Å². The van der Waals surface area contributed by atoms with Crippen molar-refractivity contribution >= 4 is 49.8 Å². The van der Waals surface area contributed by atoms with Gasteiger partial charge < -0.3 is 10.1 Å². The van der Waals surface area contributed by atoms with Crippen LogP contribution < -0.4 is 10.1 Å².